The van der Waals surface area contributed by atoms with Crippen LogP contribution in [0.25, 0.3) is 0 Å². The lowest BCUT2D eigenvalue weighted by Gasteiger charge is -2.07. The predicted octanol–water partition coefficient (Wildman–Crippen LogP) is 2.72. The first-order chi connectivity index (χ1) is 10.0. The van der Waals surface area contributed by atoms with Gasteiger partial charge in [0.05, 0.1) is 22.3 Å². The van der Waals surface area contributed by atoms with E-state index in [0.29, 0.717) is 16.2 Å². The fourth-order valence-electron chi connectivity index (χ4n) is 1.79. The molecule has 0 aliphatic heterocycles. The lowest BCUT2D eigenvalue weighted by atomic mass is 10.2. The van der Waals surface area contributed by atoms with Crippen LogP contribution in [0.3, 0.4) is 0 Å². The first kappa shape index (κ1) is 15.1. The van der Waals surface area contributed by atoms with E-state index in [1.54, 1.807) is 48.5 Å². The molecule has 0 bridgehead atoms. The van der Waals surface area contributed by atoms with Crippen molar-refractivity contribution in [1.82, 2.24) is 0 Å². The molecule has 0 aromatic heterocycles. The van der Waals surface area contributed by atoms with Crippen LogP contribution < -0.4 is 4.74 Å². The molecule has 2 aromatic rings. The fourth-order valence-corrected chi connectivity index (χ4v) is 2.88. The van der Waals surface area contributed by atoms with Crippen LogP contribution in [0.1, 0.15) is 11.1 Å². The summed E-state index contributed by atoms with van der Waals surface area (Å²) in [6.07, 6.45) is 0. The molecule has 2 aromatic carbocycles. The van der Waals surface area contributed by atoms with E-state index in [0.717, 1.165) is 5.56 Å². The SMILES string of the molecule is Cc1ccc(S(=O)(=O)CCOc2cccc(C#N)c2)cc1. The van der Waals surface area contributed by atoms with E-state index in [1.165, 1.54) is 0 Å². The van der Waals surface area contributed by atoms with Crippen LogP contribution in [-0.4, -0.2) is 20.8 Å². The Morgan fingerprint density at radius 2 is 1.86 bits per heavy atom. The molecule has 5 heteroatoms. The second kappa shape index (κ2) is 6.42. The van der Waals surface area contributed by atoms with E-state index >= 15 is 0 Å². The van der Waals surface area contributed by atoms with Gasteiger partial charge in [-0.2, -0.15) is 5.26 Å². The summed E-state index contributed by atoms with van der Waals surface area (Å²) in [5.41, 5.74) is 1.49. The summed E-state index contributed by atoms with van der Waals surface area (Å²) in [6, 6.07) is 15.4. The smallest absolute Gasteiger partial charge is 0.181 e. The molecular weight excluding hydrogens is 286 g/mol. The van der Waals surface area contributed by atoms with Gasteiger partial charge < -0.3 is 4.74 Å². The number of aryl methyl sites for hydroxylation is 1. The highest BCUT2D eigenvalue weighted by atomic mass is 32.2. The number of hydrogen-bond acceptors (Lipinski definition) is 4. The van der Waals surface area contributed by atoms with Crippen molar-refractivity contribution in [2.45, 2.75) is 11.8 Å². The lowest BCUT2D eigenvalue weighted by molar-refractivity contribution is 0.341. The van der Waals surface area contributed by atoms with Crippen LogP contribution >= 0.6 is 0 Å². The third-order valence-corrected chi connectivity index (χ3v) is 4.66. The van der Waals surface area contributed by atoms with Crippen LogP contribution in [0.4, 0.5) is 0 Å². The maximum Gasteiger partial charge on any atom is 0.181 e. The Kier molecular flexibility index (Phi) is 4.61. The molecule has 0 fully saturated rings. The lowest BCUT2D eigenvalue weighted by Crippen LogP contribution is -2.14. The van der Waals surface area contributed by atoms with Crippen LogP contribution in [-0.2, 0) is 9.84 Å². The van der Waals surface area contributed by atoms with Crippen molar-refractivity contribution in [2.24, 2.45) is 0 Å². The van der Waals surface area contributed by atoms with E-state index < -0.39 is 9.84 Å². The van der Waals surface area contributed by atoms with Gasteiger partial charge in [-0.25, -0.2) is 8.42 Å². The molecule has 0 radical (unpaired) electrons. The summed E-state index contributed by atoms with van der Waals surface area (Å²) in [6.45, 7) is 1.95. The first-order valence-corrected chi connectivity index (χ1v) is 8.09. The molecule has 0 saturated carbocycles. The normalized spacial score (nSPS) is 10.9. The summed E-state index contributed by atoms with van der Waals surface area (Å²) >= 11 is 0. The van der Waals surface area contributed by atoms with Crippen molar-refractivity contribution < 1.29 is 13.2 Å². The molecule has 0 amide bonds. The van der Waals surface area contributed by atoms with Crippen LogP contribution in [0.5, 0.6) is 5.75 Å². The van der Waals surface area contributed by atoms with Crippen LogP contribution in [0, 0.1) is 18.3 Å². The Balaban J connectivity index is 1.99. The number of ether oxygens (including phenoxy) is 1. The molecule has 0 atom stereocenters. The topological polar surface area (TPSA) is 67.2 Å². The molecule has 2 rings (SSSR count). The number of hydrogen-bond donors (Lipinski definition) is 0. The summed E-state index contributed by atoms with van der Waals surface area (Å²) in [7, 11) is -3.35. The summed E-state index contributed by atoms with van der Waals surface area (Å²) in [4.78, 5) is 0.294. The Morgan fingerprint density at radius 1 is 1.14 bits per heavy atom. The van der Waals surface area contributed by atoms with Gasteiger partial charge in [0, 0.05) is 0 Å². The molecule has 4 nitrogen and oxygen atoms in total. The zero-order chi connectivity index (χ0) is 15.3. The van der Waals surface area contributed by atoms with Crippen molar-refractivity contribution in [2.75, 3.05) is 12.4 Å². The minimum atomic E-state index is -3.35. The van der Waals surface area contributed by atoms with E-state index in [2.05, 4.69) is 0 Å². The van der Waals surface area contributed by atoms with Crippen molar-refractivity contribution >= 4 is 9.84 Å². The molecule has 108 valence electrons. The Bertz CT molecular complexity index is 759. The zero-order valence-electron chi connectivity index (χ0n) is 11.6. The first-order valence-electron chi connectivity index (χ1n) is 6.44. The zero-order valence-corrected chi connectivity index (χ0v) is 12.4. The Hall–Kier alpha value is -2.32. The summed E-state index contributed by atoms with van der Waals surface area (Å²) < 4.78 is 29.6. The molecule has 21 heavy (non-hydrogen) atoms. The second-order valence-electron chi connectivity index (χ2n) is 4.62. The van der Waals surface area contributed by atoms with Gasteiger partial charge in [0.15, 0.2) is 9.84 Å². The van der Waals surface area contributed by atoms with Crippen LogP contribution in [0.2, 0.25) is 0 Å². The quantitative estimate of drug-likeness (QED) is 0.851. The number of rotatable bonds is 5. The van der Waals surface area contributed by atoms with Crippen molar-refractivity contribution in [3.63, 3.8) is 0 Å². The average molecular weight is 301 g/mol. The van der Waals surface area contributed by atoms with Gasteiger partial charge >= 0.3 is 0 Å². The minimum Gasteiger partial charge on any atom is -0.492 e. The number of nitriles is 1. The summed E-state index contributed by atoms with van der Waals surface area (Å²) in [5, 5.41) is 8.79. The van der Waals surface area contributed by atoms with E-state index in [4.69, 9.17) is 10.00 Å². The molecular formula is C16H15NO3S. The van der Waals surface area contributed by atoms with E-state index in [9.17, 15) is 8.42 Å². The molecule has 0 heterocycles. The van der Waals surface area contributed by atoms with Gasteiger partial charge in [-0.3, -0.25) is 0 Å². The largest absolute Gasteiger partial charge is 0.492 e. The monoisotopic (exact) mass is 301 g/mol. The number of benzene rings is 2. The fraction of sp³-hybridized carbons (Fsp3) is 0.188. The molecule has 0 spiro atoms. The van der Waals surface area contributed by atoms with E-state index in [1.807, 2.05) is 13.0 Å². The second-order valence-corrected chi connectivity index (χ2v) is 6.73. The van der Waals surface area contributed by atoms with Crippen molar-refractivity contribution in [3.05, 3.63) is 59.7 Å². The molecule has 0 aliphatic carbocycles. The van der Waals surface area contributed by atoms with Crippen molar-refractivity contribution in [3.8, 4) is 11.8 Å². The molecule has 0 unspecified atom stereocenters. The maximum absolute atomic E-state index is 12.1. The standard InChI is InChI=1S/C16H15NO3S/c1-13-5-7-16(8-6-13)21(18,19)10-9-20-15-4-2-3-14(11-15)12-17/h2-8,11H,9-10H2,1H3. The Labute approximate surface area is 124 Å². The highest BCUT2D eigenvalue weighted by molar-refractivity contribution is 7.91. The highest BCUT2D eigenvalue weighted by Gasteiger charge is 2.14. The number of sulfone groups is 1. The predicted molar refractivity (Wildman–Crippen MR) is 79.9 cm³/mol. The summed E-state index contributed by atoms with van der Waals surface area (Å²) in [5.74, 6) is 0.389. The average Bonchev–Trinajstić information content (AvgIpc) is 2.48. The van der Waals surface area contributed by atoms with Crippen molar-refractivity contribution in [1.29, 1.82) is 5.26 Å². The third-order valence-electron chi connectivity index (χ3n) is 2.96. The van der Waals surface area contributed by atoms with Gasteiger partial charge in [-0.1, -0.05) is 23.8 Å². The van der Waals surface area contributed by atoms with Crippen LogP contribution in [0.15, 0.2) is 53.4 Å². The minimum absolute atomic E-state index is 0.0467. The van der Waals surface area contributed by atoms with Gasteiger partial charge in [-0.05, 0) is 37.3 Å². The number of nitrogens with zero attached hydrogens (tertiary/aromatic N) is 1. The molecule has 0 aliphatic rings. The van der Waals surface area contributed by atoms with E-state index in [-0.39, 0.29) is 12.4 Å². The van der Waals surface area contributed by atoms with Gasteiger partial charge in [0.25, 0.3) is 0 Å². The van der Waals surface area contributed by atoms with Gasteiger partial charge in [0.1, 0.15) is 12.4 Å². The third kappa shape index (κ3) is 4.07. The maximum atomic E-state index is 12.1. The van der Waals surface area contributed by atoms with Gasteiger partial charge in [-0.15, -0.1) is 0 Å². The highest BCUT2D eigenvalue weighted by Crippen LogP contribution is 2.15. The Morgan fingerprint density at radius 3 is 2.52 bits per heavy atom. The molecule has 0 saturated heterocycles. The molecule has 0 N–H and O–H groups in total. The van der Waals surface area contributed by atoms with Gasteiger partial charge in [0.2, 0.25) is 0 Å².